The van der Waals surface area contributed by atoms with E-state index in [4.69, 9.17) is 10.6 Å². The average Bonchev–Trinajstić information content (AvgIpc) is 1.94. The monoisotopic (exact) mass is 208 g/mol. The number of rotatable bonds is 5. The van der Waals surface area contributed by atoms with Gasteiger partial charge in [0.15, 0.2) is 6.08 Å². The largest absolute Gasteiger partial charge is 0.481 e. The lowest BCUT2D eigenvalue weighted by Gasteiger charge is -2.28. The molecular weight excluding hydrogens is 186 g/mol. The van der Waals surface area contributed by atoms with Crippen molar-refractivity contribution in [1.29, 1.82) is 0 Å². The Kier molecular flexibility index (Phi) is 2.55. The SMILES string of the molecule is [2H]C([2H])([2H])C(=O)O[C@@]([2H])(CC(=O)O)C[N+](C)(C)C. The number of carboxylic acids is 1. The van der Waals surface area contributed by atoms with Crippen molar-refractivity contribution in [2.24, 2.45) is 0 Å². The van der Waals surface area contributed by atoms with E-state index in [1.165, 1.54) is 0 Å². The first-order valence-electron chi connectivity index (χ1n) is 6.01. The standard InChI is InChI=1S/C9H17NO4/c1-7(11)14-8(5-9(12)13)6-10(2,3)4/h8H,5-6H2,1-4H3/p+1/t8-/m0/s1/i1D3,8D. The second kappa shape index (κ2) is 4.95. The van der Waals surface area contributed by atoms with Crippen LogP contribution in [0.1, 0.15) is 18.8 Å². The normalized spacial score (nSPS) is 20.8. The fraction of sp³-hybridized carbons (Fsp3) is 0.778. The number of carboxylic acid groups (broad SMARTS) is 1. The molecule has 0 aromatic heterocycles. The highest BCUT2D eigenvalue weighted by Gasteiger charge is 2.23. The molecule has 0 fully saturated rings. The van der Waals surface area contributed by atoms with E-state index in [0.29, 0.717) is 0 Å². The van der Waals surface area contributed by atoms with E-state index >= 15 is 0 Å². The van der Waals surface area contributed by atoms with Crippen LogP contribution in [-0.2, 0) is 14.3 Å². The zero-order chi connectivity index (χ0) is 14.8. The molecule has 0 aliphatic carbocycles. The summed E-state index contributed by atoms with van der Waals surface area (Å²) in [6.07, 6.45) is -2.88. The summed E-state index contributed by atoms with van der Waals surface area (Å²) >= 11 is 0. The number of hydrogen-bond donors (Lipinski definition) is 1. The Morgan fingerprint density at radius 1 is 1.57 bits per heavy atom. The van der Waals surface area contributed by atoms with Crippen molar-refractivity contribution < 1.29 is 29.4 Å². The Balaban J connectivity index is 5.00. The molecule has 1 atom stereocenters. The maximum Gasteiger partial charge on any atom is 0.307 e. The van der Waals surface area contributed by atoms with Crippen molar-refractivity contribution in [3.63, 3.8) is 0 Å². The van der Waals surface area contributed by atoms with Crippen LogP contribution in [0.4, 0.5) is 0 Å². The van der Waals surface area contributed by atoms with E-state index in [9.17, 15) is 9.59 Å². The van der Waals surface area contributed by atoms with E-state index in [1.807, 2.05) is 0 Å². The number of carbonyl (C=O) groups excluding carboxylic acids is 1. The van der Waals surface area contributed by atoms with Gasteiger partial charge >= 0.3 is 11.9 Å². The minimum Gasteiger partial charge on any atom is -0.481 e. The average molecular weight is 208 g/mol. The number of nitrogens with zero attached hydrogens (tertiary/aromatic N) is 1. The predicted molar refractivity (Wildman–Crippen MR) is 50.7 cm³/mol. The molecule has 5 heteroatoms. The molecule has 0 rings (SSSR count). The molecule has 0 aliphatic heterocycles. The van der Waals surface area contributed by atoms with E-state index in [2.05, 4.69) is 4.74 Å². The Hall–Kier alpha value is -1.10. The lowest BCUT2D eigenvalue weighted by atomic mass is 10.2. The van der Waals surface area contributed by atoms with Crippen molar-refractivity contribution in [1.82, 2.24) is 0 Å². The summed E-state index contributed by atoms with van der Waals surface area (Å²) in [6, 6.07) is 0. The summed E-state index contributed by atoms with van der Waals surface area (Å²) in [6.45, 7) is -3.14. The van der Waals surface area contributed by atoms with E-state index in [-0.39, 0.29) is 11.0 Å². The number of quaternary nitrogens is 1. The lowest BCUT2D eigenvalue weighted by molar-refractivity contribution is -0.873. The Morgan fingerprint density at radius 3 is 2.50 bits per heavy atom. The number of carbonyl (C=O) groups is 2. The molecule has 5 nitrogen and oxygen atoms in total. The molecule has 0 unspecified atom stereocenters. The molecule has 0 bridgehead atoms. The van der Waals surface area contributed by atoms with E-state index in [1.54, 1.807) is 21.1 Å². The van der Waals surface area contributed by atoms with Crippen molar-refractivity contribution in [3.05, 3.63) is 0 Å². The van der Waals surface area contributed by atoms with E-state index in [0.717, 1.165) is 0 Å². The predicted octanol–water partition coefficient (Wildman–Crippen LogP) is 0.0990. The quantitative estimate of drug-likeness (QED) is 0.514. The van der Waals surface area contributed by atoms with Crippen LogP contribution in [0.15, 0.2) is 0 Å². The van der Waals surface area contributed by atoms with Crippen LogP contribution in [0.5, 0.6) is 0 Å². The molecule has 82 valence electrons. The summed E-state index contributed by atoms with van der Waals surface area (Å²) in [4.78, 5) is 21.9. The van der Waals surface area contributed by atoms with Gasteiger partial charge in [0.1, 0.15) is 6.54 Å². The van der Waals surface area contributed by atoms with Crippen molar-refractivity contribution in [3.8, 4) is 0 Å². The van der Waals surface area contributed by atoms with Gasteiger partial charge in [-0.05, 0) is 0 Å². The second-order valence-electron chi connectivity index (χ2n) is 3.95. The molecule has 14 heavy (non-hydrogen) atoms. The highest BCUT2D eigenvalue weighted by molar-refractivity contribution is 5.69. The topological polar surface area (TPSA) is 63.6 Å². The Bertz CT molecular complexity index is 336. The molecule has 0 radical (unpaired) electrons. The van der Waals surface area contributed by atoms with Crippen LogP contribution in [0.3, 0.4) is 0 Å². The van der Waals surface area contributed by atoms with Gasteiger partial charge in [-0.15, -0.1) is 0 Å². The third kappa shape index (κ3) is 7.54. The van der Waals surface area contributed by atoms with Crippen LogP contribution in [-0.4, -0.2) is 55.3 Å². The van der Waals surface area contributed by atoms with Gasteiger partial charge in [-0.2, -0.15) is 0 Å². The summed E-state index contributed by atoms with van der Waals surface area (Å²) in [5.41, 5.74) is 0. The van der Waals surface area contributed by atoms with Gasteiger partial charge in [0.2, 0.25) is 0 Å². The van der Waals surface area contributed by atoms with Gasteiger partial charge in [0.05, 0.1) is 28.9 Å². The van der Waals surface area contributed by atoms with Crippen LogP contribution in [0.25, 0.3) is 0 Å². The number of likely N-dealkylation sites (N-methyl/N-ethyl adjacent to an activating group) is 1. The summed E-state index contributed by atoms with van der Waals surface area (Å²) in [5, 5.41) is 8.70. The Morgan fingerprint density at radius 2 is 2.14 bits per heavy atom. The third-order valence-electron chi connectivity index (χ3n) is 1.24. The zero-order valence-electron chi connectivity index (χ0n) is 12.5. The number of hydrogen-bond acceptors (Lipinski definition) is 3. The Labute approximate surface area is 89.5 Å². The first kappa shape index (κ1) is 7.23. The second-order valence-corrected chi connectivity index (χ2v) is 3.95. The molecule has 0 aliphatic rings. The van der Waals surface area contributed by atoms with Gasteiger partial charge in [-0.1, -0.05) is 0 Å². The van der Waals surface area contributed by atoms with Crippen LogP contribution >= 0.6 is 0 Å². The maximum atomic E-state index is 11.2. The molecular formula is C9H18NO4+. The van der Waals surface area contributed by atoms with Crippen molar-refractivity contribution >= 4 is 11.9 Å². The minimum atomic E-state index is -3.00. The zero-order valence-corrected chi connectivity index (χ0v) is 8.53. The summed E-state index contributed by atoms with van der Waals surface area (Å²) < 4.78 is 33.1. The molecule has 0 aromatic rings. The number of ether oxygens (including phenoxy) is 1. The summed E-state index contributed by atoms with van der Waals surface area (Å²) in [5.74, 6) is -2.90. The van der Waals surface area contributed by atoms with Crippen molar-refractivity contribution in [2.45, 2.75) is 19.4 Å². The fourth-order valence-electron chi connectivity index (χ4n) is 0.953. The highest BCUT2D eigenvalue weighted by Crippen LogP contribution is 2.04. The molecule has 0 spiro atoms. The third-order valence-corrected chi connectivity index (χ3v) is 1.24. The van der Waals surface area contributed by atoms with Crippen molar-refractivity contribution in [2.75, 3.05) is 27.7 Å². The van der Waals surface area contributed by atoms with Crippen LogP contribution < -0.4 is 0 Å². The van der Waals surface area contributed by atoms with Crippen LogP contribution in [0, 0.1) is 0 Å². The van der Waals surface area contributed by atoms with Crippen LogP contribution in [0.2, 0.25) is 0 Å². The van der Waals surface area contributed by atoms with Gasteiger partial charge in [-0.3, -0.25) is 9.59 Å². The molecule has 0 heterocycles. The molecule has 0 saturated carbocycles. The van der Waals surface area contributed by atoms with Gasteiger partial charge in [0, 0.05) is 11.0 Å². The smallest absolute Gasteiger partial charge is 0.307 e. The first-order chi connectivity index (χ1) is 7.75. The van der Waals surface area contributed by atoms with E-state index < -0.39 is 31.3 Å². The minimum absolute atomic E-state index is 0.138. The number of aliphatic carboxylic acids is 1. The maximum absolute atomic E-state index is 11.2. The lowest BCUT2D eigenvalue weighted by Crippen LogP contribution is -2.43. The number of esters is 1. The van der Waals surface area contributed by atoms with Gasteiger partial charge in [0.25, 0.3) is 0 Å². The summed E-state index contributed by atoms with van der Waals surface area (Å²) in [7, 11) is 5.02. The molecule has 0 aromatic carbocycles. The molecule has 0 saturated heterocycles. The van der Waals surface area contributed by atoms with Gasteiger partial charge < -0.3 is 14.3 Å². The highest BCUT2D eigenvalue weighted by atomic mass is 16.5. The molecule has 1 N–H and O–H groups in total. The molecule has 0 amide bonds. The first-order valence-corrected chi connectivity index (χ1v) is 4.01. The van der Waals surface area contributed by atoms with Gasteiger partial charge in [-0.25, -0.2) is 0 Å². The fourth-order valence-corrected chi connectivity index (χ4v) is 0.953.